The number of nitrogens with zero attached hydrogens (tertiary/aromatic N) is 1. The quantitative estimate of drug-likeness (QED) is 0.883. The van der Waals surface area contributed by atoms with Crippen LogP contribution in [0.4, 0.5) is 0 Å². The van der Waals surface area contributed by atoms with Crippen molar-refractivity contribution in [2.24, 2.45) is 5.92 Å². The minimum atomic E-state index is -0.837. The number of aliphatic hydroxyl groups is 1. The highest BCUT2D eigenvalue weighted by molar-refractivity contribution is 6.34. The smallest absolute Gasteiger partial charge is 0.0949 e. The standard InChI is InChI=1S/C11H11Cl2NO/c1-2-7(6-14)11(15)8-3-9(12)5-10(13)4-8/h3-5,7,11,15H,2H2,1H3. The fourth-order valence-corrected chi connectivity index (χ4v) is 1.91. The van der Waals surface area contributed by atoms with Crippen molar-refractivity contribution in [2.45, 2.75) is 19.4 Å². The van der Waals surface area contributed by atoms with Crippen molar-refractivity contribution >= 4 is 23.2 Å². The molecule has 2 unspecified atom stereocenters. The number of halogens is 2. The number of nitriles is 1. The van der Waals surface area contributed by atoms with Gasteiger partial charge in [0.05, 0.1) is 18.1 Å². The first-order chi connectivity index (χ1) is 7.08. The van der Waals surface area contributed by atoms with Crippen LogP contribution in [0.1, 0.15) is 25.0 Å². The normalized spacial score (nSPS) is 14.3. The lowest BCUT2D eigenvalue weighted by Gasteiger charge is -2.15. The topological polar surface area (TPSA) is 44.0 Å². The summed E-state index contributed by atoms with van der Waals surface area (Å²) in [6.45, 7) is 1.85. The van der Waals surface area contributed by atoms with Crippen LogP contribution in [0.5, 0.6) is 0 Å². The first kappa shape index (κ1) is 12.3. The zero-order valence-corrected chi connectivity index (χ0v) is 9.76. The molecule has 1 aromatic rings. The van der Waals surface area contributed by atoms with Crippen LogP contribution >= 0.6 is 23.2 Å². The maximum atomic E-state index is 9.89. The molecular formula is C11H11Cl2NO. The number of hydrogen-bond donors (Lipinski definition) is 1. The molecule has 0 fully saturated rings. The van der Waals surface area contributed by atoms with Crippen LogP contribution in [-0.4, -0.2) is 5.11 Å². The number of aliphatic hydroxyl groups excluding tert-OH is 1. The molecule has 0 saturated heterocycles. The molecule has 2 nitrogen and oxygen atoms in total. The van der Waals surface area contributed by atoms with Crippen molar-refractivity contribution < 1.29 is 5.11 Å². The van der Waals surface area contributed by atoms with Crippen molar-refractivity contribution in [3.8, 4) is 6.07 Å². The van der Waals surface area contributed by atoms with E-state index in [4.69, 9.17) is 28.5 Å². The molecule has 80 valence electrons. The molecular weight excluding hydrogens is 233 g/mol. The summed E-state index contributed by atoms with van der Waals surface area (Å²) < 4.78 is 0. The van der Waals surface area contributed by atoms with Crippen LogP contribution in [0.2, 0.25) is 10.0 Å². The van der Waals surface area contributed by atoms with Crippen LogP contribution < -0.4 is 0 Å². The summed E-state index contributed by atoms with van der Waals surface area (Å²) in [7, 11) is 0. The van der Waals surface area contributed by atoms with E-state index in [0.717, 1.165) is 0 Å². The highest BCUT2D eigenvalue weighted by Crippen LogP contribution is 2.28. The Morgan fingerprint density at radius 3 is 2.27 bits per heavy atom. The van der Waals surface area contributed by atoms with Gasteiger partial charge in [-0.1, -0.05) is 30.1 Å². The van der Waals surface area contributed by atoms with Crippen LogP contribution in [-0.2, 0) is 0 Å². The molecule has 0 aromatic heterocycles. The molecule has 15 heavy (non-hydrogen) atoms. The lowest BCUT2D eigenvalue weighted by atomic mass is 9.95. The van der Waals surface area contributed by atoms with Gasteiger partial charge in [-0.05, 0) is 30.2 Å². The van der Waals surface area contributed by atoms with E-state index in [1.54, 1.807) is 18.2 Å². The Morgan fingerprint density at radius 1 is 1.33 bits per heavy atom. The molecule has 0 heterocycles. The molecule has 0 bridgehead atoms. The lowest BCUT2D eigenvalue weighted by Crippen LogP contribution is -2.09. The minimum absolute atomic E-state index is 0.431. The average Bonchev–Trinajstić information content (AvgIpc) is 2.18. The molecule has 2 atom stereocenters. The Hall–Kier alpha value is -0.750. The molecule has 0 aliphatic heterocycles. The van der Waals surface area contributed by atoms with Gasteiger partial charge in [0, 0.05) is 10.0 Å². The summed E-state index contributed by atoms with van der Waals surface area (Å²) in [5.74, 6) is -0.431. The van der Waals surface area contributed by atoms with Crippen molar-refractivity contribution in [2.75, 3.05) is 0 Å². The van der Waals surface area contributed by atoms with Crippen molar-refractivity contribution in [1.82, 2.24) is 0 Å². The van der Waals surface area contributed by atoms with Gasteiger partial charge in [-0.15, -0.1) is 0 Å². The third-order valence-electron chi connectivity index (χ3n) is 2.21. The molecule has 4 heteroatoms. The Bertz CT molecular complexity index is 366. The fraction of sp³-hybridized carbons (Fsp3) is 0.364. The van der Waals surface area contributed by atoms with E-state index < -0.39 is 12.0 Å². The number of hydrogen-bond acceptors (Lipinski definition) is 2. The SMILES string of the molecule is CCC(C#N)C(O)c1cc(Cl)cc(Cl)c1. The van der Waals surface area contributed by atoms with Gasteiger partial charge in [0.25, 0.3) is 0 Å². The van der Waals surface area contributed by atoms with Gasteiger partial charge in [0.1, 0.15) is 0 Å². The Labute approximate surface area is 99.0 Å². The van der Waals surface area contributed by atoms with Crippen LogP contribution in [0.15, 0.2) is 18.2 Å². The van der Waals surface area contributed by atoms with E-state index in [9.17, 15) is 5.11 Å². The predicted octanol–water partition coefficient (Wildman–Crippen LogP) is 3.58. The summed E-state index contributed by atoms with van der Waals surface area (Å²) in [6, 6.07) is 6.89. The molecule has 1 rings (SSSR count). The zero-order valence-electron chi connectivity index (χ0n) is 8.24. The van der Waals surface area contributed by atoms with E-state index >= 15 is 0 Å². The van der Waals surface area contributed by atoms with Crippen molar-refractivity contribution in [3.63, 3.8) is 0 Å². The molecule has 0 radical (unpaired) electrons. The van der Waals surface area contributed by atoms with Gasteiger partial charge in [0.15, 0.2) is 0 Å². The van der Waals surface area contributed by atoms with E-state index in [1.165, 1.54) is 0 Å². The lowest BCUT2D eigenvalue weighted by molar-refractivity contribution is 0.133. The van der Waals surface area contributed by atoms with Gasteiger partial charge < -0.3 is 5.11 Å². The second-order valence-corrected chi connectivity index (χ2v) is 4.16. The summed E-state index contributed by atoms with van der Waals surface area (Å²) in [5.41, 5.74) is 0.584. The zero-order chi connectivity index (χ0) is 11.4. The first-order valence-electron chi connectivity index (χ1n) is 4.62. The molecule has 0 saturated carbocycles. The highest BCUT2D eigenvalue weighted by Gasteiger charge is 2.19. The summed E-state index contributed by atoms with van der Waals surface area (Å²) in [5, 5.41) is 19.6. The van der Waals surface area contributed by atoms with E-state index in [0.29, 0.717) is 22.0 Å². The number of benzene rings is 1. The molecule has 0 aliphatic carbocycles. The van der Waals surface area contributed by atoms with E-state index in [1.807, 2.05) is 6.92 Å². The molecule has 1 N–H and O–H groups in total. The Balaban J connectivity index is 3.00. The molecule has 0 spiro atoms. The Morgan fingerprint density at radius 2 is 1.87 bits per heavy atom. The monoisotopic (exact) mass is 243 g/mol. The van der Waals surface area contributed by atoms with Crippen LogP contribution in [0, 0.1) is 17.2 Å². The van der Waals surface area contributed by atoms with E-state index in [2.05, 4.69) is 6.07 Å². The summed E-state index contributed by atoms with van der Waals surface area (Å²) >= 11 is 11.6. The predicted molar refractivity (Wildman–Crippen MR) is 60.8 cm³/mol. The van der Waals surface area contributed by atoms with Gasteiger partial charge >= 0.3 is 0 Å². The maximum Gasteiger partial charge on any atom is 0.0949 e. The van der Waals surface area contributed by atoms with E-state index in [-0.39, 0.29) is 0 Å². The maximum absolute atomic E-state index is 9.89. The van der Waals surface area contributed by atoms with Crippen LogP contribution in [0.25, 0.3) is 0 Å². The van der Waals surface area contributed by atoms with Gasteiger partial charge in [-0.2, -0.15) is 5.26 Å². The van der Waals surface area contributed by atoms with Gasteiger partial charge in [0.2, 0.25) is 0 Å². The number of rotatable bonds is 3. The molecule has 0 aliphatic rings. The highest BCUT2D eigenvalue weighted by atomic mass is 35.5. The van der Waals surface area contributed by atoms with Crippen molar-refractivity contribution in [3.05, 3.63) is 33.8 Å². The largest absolute Gasteiger partial charge is 0.387 e. The van der Waals surface area contributed by atoms with Gasteiger partial charge in [-0.25, -0.2) is 0 Å². The second-order valence-electron chi connectivity index (χ2n) is 3.29. The third-order valence-corrected chi connectivity index (χ3v) is 2.65. The molecule has 0 amide bonds. The second kappa shape index (κ2) is 5.37. The van der Waals surface area contributed by atoms with Gasteiger partial charge in [-0.3, -0.25) is 0 Å². The summed E-state index contributed by atoms with van der Waals surface area (Å²) in [6.07, 6.45) is -0.252. The van der Waals surface area contributed by atoms with Crippen LogP contribution in [0.3, 0.4) is 0 Å². The van der Waals surface area contributed by atoms with Crippen molar-refractivity contribution in [1.29, 1.82) is 5.26 Å². The fourth-order valence-electron chi connectivity index (χ4n) is 1.36. The summed E-state index contributed by atoms with van der Waals surface area (Å²) in [4.78, 5) is 0. The Kier molecular flexibility index (Phi) is 4.41. The first-order valence-corrected chi connectivity index (χ1v) is 5.37. The average molecular weight is 244 g/mol. The minimum Gasteiger partial charge on any atom is -0.387 e. The molecule has 1 aromatic carbocycles. The third kappa shape index (κ3) is 3.10.